The van der Waals surface area contributed by atoms with E-state index < -0.39 is 0 Å². The standard InChI is InChI=1S/C21H19NO/c1-17-6-5-9-20(14-17)22-15-18-10-12-21(13-11-18)23-16-19-7-3-2-4-8-19/h2-15H,16H2,1H3. The van der Waals surface area contributed by atoms with Crippen LogP contribution in [0.25, 0.3) is 0 Å². The molecule has 3 rings (SSSR count). The van der Waals surface area contributed by atoms with Gasteiger partial charge in [0, 0.05) is 6.21 Å². The third-order valence-electron chi connectivity index (χ3n) is 3.49. The molecule has 0 aliphatic carbocycles. The lowest BCUT2D eigenvalue weighted by Gasteiger charge is -2.06. The number of benzene rings is 3. The van der Waals surface area contributed by atoms with E-state index in [9.17, 15) is 0 Å². The maximum Gasteiger partial charge on any atom is 0.119 e. The maximum atomic E-state index is 5.78. The van der Waals surface area contributed by atoms with Gasteiger partial charge in [-0.1, -0.05) is 42.5 Å². The summed E-state index contributed by atoms with van der Waals surface area (Å²) in [6.45, 7) is 2.65. The van der Waals surface area contributed by atoms with E-state index in [0.717, 1.165) is 22.6 Å². The van der Waals surface area contributed by atoms with Crippen molar-refractivity contribution in [2.45, 2.75) is 13.5 Å². The number of nitrogens with zero attached hydrogens (tertiary/aromatic N) is 1. The van der Waals surface area contributed by atoms with Crippen LogP contribution in [0.1, 0.15) is 16.7 Å². The second-order valence-corrected chi connectivity index (χ2v) is 5.44. The lowest BCUT2D eigenvalue weighted by Crippen LogP contribution is -1.94. The third-order valence-corrected chi connectivity index (χ3v) is 3.49. The lowest BCUT2D eigenvalue weighted by atomic mass is 10.2. The second-order valence-electron chi connectivity index (χ2n) is 5.44. The molecular formula is C21H19NO. The average molecular weight is 301 g/mol. The monoisotopic (exact) mass is 301 g/mol. The lowest BCUT2D eigenvalue weighted by molar-refractivity contribution is 0.306. The zero-order valence-corrected chi connectivity index (χ0v) is 13.1. The van der Waals surface area contributed by atoms with Gasteiger partial charge in [-0.05, 0) is 60.0 Å². The van der Waals surface area contributed by atoms with E-state index in [1.807, 2.05) is 60.8 Å². The first-order valence-electron chi connectivity index (χ1n) is 7.67. The predicted octanol–water partition coefficient (Wildman–Crippen LogP) is 5.32. The van der Waals surface area contributed by atoms with E-state index in [-0.39, 0.29) is 0 Å². The van der Waals surface area contributed by atoms with Gasteiger partial charge in [0.1, 0.15) is 12.4 Å². The number of aryl methyl sites for hydroxylation is 1. The summed E-state index contributed by atoms with van der Waals surface area (Å²) in [5.41, 5.74) is 4.40. The molecule has 0 bridgehead atoms. The molecule has 23 heavy (non-hydrogen) atoms. The minimum atomic E-state index is 0.581. The molecule has 0 radical (unpaired) electrons. The first-order chi connectivity index (χ1) is 11.3. The molecular weight excluding hydrogens is 282 g/mol. The van der Waals surface area contributed by atoms with Gasteiger partial charge in [-0.3, -0.25) is 4.99 Å². The highest BCUT2D eigenvalue weighted by molar-refractivity contribution is 5.82. The molecule has 0 saturated carbocycles. The van der Waals surface area contributed by atoms with E-state index >= 15 is 0 Å². The molecule has 0 aromatic heterocycles. The molecule has 0 fully saturated rings. The molecule has 0 unspecified atom stereocenters. The molecule has 0 heterocycles. The largest absolute Gasteiger partial charge is 0.489 e. The summed E-state index contributed by atoms with van der Waals surface area (Å²) in [6.07, 6.45) is 1.87. The topological polar surface area (TPSA) is 21.6 Å². The van der Waals surface area contributed by atoms with Crippen LogP contribution in [0.3, 0.4) is 0 Å². The van der Waals surface area contributed by atoms with E-state index in [2.05, 4.69) is 36.2 Å². The first-order valence-corrected chi connectivity index (χ1v) is 7.67. The van der Waals surface area contributed by atoms with Gasteiger partial charge in [0.05, 0.1) is 5.69 Å². The Morgan fingerprint density at radius 1 is 0.870 bits per heavy atom. The van der Waals surface area contributed by atoms with Crippen LogP contribution < -0.4 is 4.74 Å². The summed E-state index contributed by atoms with van der Waals surface area (Å²) in [5, 5.41) is 0. The zero-order chi connectivity index (χ0) is 15.9. The molecule has 2 heteroatoms. The van der Waals surface area contributed by atoms with Crippen LogP contribution in [0.15, 0.2) is 83.9 Å². The van der Waals surface area contributed by atoms with Crippen LogP contribution in [-0.4, -0.2) is 6.21 Å². The highest BCUT2D eigenvalue weighted by atomic mass is 16.5. The molecule has 3 aromatic carbocycles. The van der Waals surface area contributed by atoms with Crippen molar-refractivity contribution in [2.24, 2.45) is 4.99 Å². The Kier molecular flexibility index (Phi) is 4.85. The Labute approximate surface area is 137 Å². The number of aliphatic imine (C=N–C) groups is 1. The second kappa shape index (κ2) is 7.41. The van der Waals surface area contributed by atoms with Crippen molar-refractivity contribution in [3.63, 3.8) is 0 Å². The SMILES string of the molecule is Cc1cccc(N=Cc2ccc(OCc3ccccc3)cc2)c1. The summed E-state index contributed by atoms with van der Waals surface area (Å²) in [6, 6.07) is 26.3. The molecule has 114 valence electrons. The van der Waals surface area contributed by atoms with Crippen LogP contribution in [0.4, 0.5) is 5.69 Å². The molecule has 0 amide bonds. The zero-order valence-electron chi connectivity index (χ0n) is 13.1. The fraction of sp³-hybridized carbons (Fsp3) is 0.0952. The van der Waals surface area contributed by atoms with Gasteiger partial charge in [0.2, 0.25) is 0 Å². The summed E-state index contributed by atoms with van der Waals surface area (Å²) >= 11 is 0. The van der Waals surface area contributed by atoms with Crippen molar-refractivity contribution in [3.8, 4) is 5.75 Å². The normalized spacial score (nSPS) is 10.8. The molecule has 0 aliphatic rings. The molecule has 3 aromatic rings. The van der Waals surface area contributed by atoms with Crippen molar-refractivity contribution in [2.75, 3.05) is 0 Å². The Balaban J connectivity index is 1.61. The van der Waals surface area contributed by atoms with Crippen LogP contribution >= 0.6 is 0 Å². The molecule has 0 atom stereocenters. The molecule has 2 nitrogen and oxygen atoms in total. The van der Waals surface area contributed by atoms with Crippen LogP contribution in [-0.2, 0) is 6.61 Å². The van der Waals surface area contributed by atoms with Crippen molar-refractivity contribution < 1.29 is 4.74 Å². The first kappa shape index (κ1) is 15.0. The Bertz CT molecular complexity index is 776. The summed E-state index contributed by atoms with van der Waals surface area (Å²) < 4.78 is 5.78. The van der Waals surface area contributed by atoms with Gasteiger partial charge in [0.25, 0.3) is 0 Å². The van der Waals surface area contributed by atoms with Gasteiger partial charge < -0.3 is 4.74 Å². The van der Waals surface area contributed by atoms with Gasteiger partial charge in [-0.25, -0.2) is 0 Å². The maximum absolute atomic E-state index is 5.78. The van der Waals surface area contributed by atoms with Crippen molar-refractivity contribution in [3.05, 3.63) is 95.6 Å². The number of rotatable bonds is 5. The minimum absolute atomic E-state index is 0.581. The van der Waals surface area contributed by atoms with Crippen molar-refractivity contribution in [1.82, 2.24) is 0 Å². The number of hydrogen-bond acceptors (Lipinski definition) is 2. The fourth-order valence-corrected chi connectivity index (χ4v) is 2.25. The van der Waals surface area contributed by atoms with Crippen molar-refractivity contribution in [1.29, 1.82) is 0 Å². The summed E-state index contributed by atoms with van der Waals surface area (Å²) in [4.78, 5) is 4.49. The highest BCUT2D eigenvalue weighted by Crippen LogP contribution is 2.16. The molecule has 0 N–H and O–H groups in total. The van der Waals surface area contributed by atoms with Crippen molar-refractivity contribution >= 4 is 11.9 Å². The van der Waals surface area contributed by atoms with Gasteiger partial charge >= 0.3 is 0 Å². The van der Waals surface area contributed by atoms with Gasteiger partial charge in [-0.15, -0.1) is 0 Å². The highest BCUT2D eigenvalue weighted by Gasteiger charge is 1.96. The van der Waals surface area contributed by atoms with Crippen LogP contribution in [0.5, 0.6) is 5.75 Å². The Morgan fingerprint density at radius 3 is 2.39 bits per heavy atom. The molecule has 0 saturated heterocycles. The number of hydrogen-bond donors (Lipinski definition) is 0. The quantitative estimate of drug-likeness (QED) is 0.584. The average Bonchev–Trinajstić information content (AvgIpc) is 2.60. The summed E-state index contributed by atoms with van der Waals surface area (Å²) in [7, 11) is 0. The summed E-state index contributed by atoms with van der Waals surface area (Å²) in [5.74, 6) is 0.863. The molecule has 0 spiro atoms. The molecule has 0 aliphatic heterocycles. The van der Waals surface area contributed by atoms with E-state index in [1.165, 1.54) is 5.56 Å². The predicted molar refractivity (Wildman–Crippen MR) is 95.6 cm³/mol. The van der Waals surface area contributed by atoms with Gasteiger partial charge in [-0.2, -0.15) is 0 Å². The van der Waals surface area contributed by atoms with E-state index in [4.69, 9.17) is 4.74 Å². The van der Waals surface area contributed by atoms with Gasteiger partial charge in [0.15, 0.2) is 0 Å². The minimum Gasteiger partial charge on any atom is -0.489 e. The van der Waals surface area contributed by atoms with E-state index in [0.29, 0.717) is 6.61 Å². The Hall–Kier alpha value is -2.87. The number of ether oxygens (including phenoxy) is 1. The van der Waals surface area contributed by atoms with E-state index in [1.54, 1.807) is 0 Å². The third kappa shape index (κ3) is 4.55. The Morgan fingerprint density at radius 2 is 1.65 bits per heavy atom. The fourth-order valence-electron chi connectivity index (χ4n) is 2.25. The van der Waals surface area contributed by atoms with Crippen LogP contribution in [0, 0.1) is 6.92 Å². The smallest absolute Gasteiger partial charge is 0.119 e. The van der Waals surface area contributed by atoms with Crippen LogP contribution in [0.2, 0.25) is 0 Å².